The van der Waals surface area contributed by atoms with Gasteiger partial charge >= 0.3 is 11.9 Å². The Kier molecular flexibility index (Phi) is 8.83. The number of hydrogen-bond acceptors (Lipinski definition) is 7. The molecule has 0 unspecified atom stereocenters. The van der Waals surface area contributed by atoms with Crippen molar-refractivity contribution in [2.75, 3.05) is 20.3 Å². The van der Waals surface area contributed by atoms with Gasteiger partial charge in [-0.15, -0.1) is 0 Å². The molecule has 0 spiro atoms. The highest BCUT2D eigenvalue weighted by atomic mass is 16.6. The number of hydrogen-bond donors (Lipinski definition) is 1. The van der Waals surface area contributed by atoms with Gasteiger partial charge in [-0.3, -0.25) is 9.59 Å². The summed E-state index contributed by atoms with van der Waals surface area (Å²) in [6.45, 7) is 2.67. The third-order valence-corrected chi connectivity index (χ3v) is 3.74. The molecule has 0 saturated carbocycles. The lowest BCUT2D eigenvalue weighted by Gasteiger charge is -2.21. The number of amides is 1. The minimum absolute atomic E-state index is 0.134. The van der Waals surface area contributed by atoms with Gasteiger partial charge in [0.1, 0.15) is 11.8 Å². The number of para-hydroxylation sites is 1. The quantitative estimate of drug-likeness (QED) is 0.489. The van der Waals surface area contributed by atoms with Crippen LogP contribution in [0.2, 0.25) is 0 Å². The van der Waals surface area contributed by atoms with E-state index in [4.69, 9.17) is 9.47 Å². The first-order valence-electron chi connectivity index (χ1n) is 8.12. The fourth-order valence-corrected chi connectivity index (χ4v) is 2.04. The maximum Gasteiger partial charge on any atom is 0.344 e. The van der Waals surface area contributed by atoms with Gasteiger partial charge in [0.25, 0.3) is 5.91 Å². The number of carbonyl (C=O) groups is 4. The second kappa shape index (κ2) is 10.9. The molecule has 2 atom stereocenters. The van der Waals surface area contributed by atoms with E-state index in [0.717, 1.165) is 0 Å². The second-order valence-electron chi connectivity index (χ2n) is 5.56. The lowest BCUT2D eigenvalue weighted by atomic mass is 9.99. The van der Waals surface area contributed by atoms with Gasteiger partial charge < -0.3 is 19.5 Å². The molecule has 0 aliphatic heterocycles. The summed E-state index contributed by atoms with van der Waals surface area (Å²) >= 11 is 0. The number of benzene rings is 1. The second-order valence-corrected chi connectivity index (χ2v) is 5.56. The molecule has 0 saturated heterocycles. The number of aldehydes is 1. The van der Waals surface area contributed by atoms with Crippen LogP contribution in [-0.2, 0) is 23.9 Å². The first kappa shape index (κ1) is 21.1. The molecule has 0 aliphatic carbocycles. The summed E-state index contributed by atoms with van der Waals surface area (Å²) in [6.07, 6.45) is 1.26. The Balaban J connectivity index is 2.47. The van der Waals surface area contributed by atoms with E-state index in [2.05, 4.69) is 10.1 Å². The average Bonchev–Trinajstić information content (AvgIpc) is 2.67. The molecule has 1 N–H and O–H groups in total. The van der Waals surface area contributed by atoms with Gasteiger partial charge in [-0.05, 0) is 18.1 Å². The van der Waals surface area contributed by atoms with Gasteiger partial charge in [-0.2, -0.15) is 0 Å². The van der Waals surface area contributed by atoms with Crippen molar-refractivity contribution in [1.29, 1.82) is 0 Å². The highest BCUT2D eigenvalue weighted by Crippen LogP contribution is 2.15. The van der Waals surface area contributed by atoms with Crippen molar-refractivity contribution in [3.05, 3.63) is 29.8 Å². The number of nitrogens with one attached hydrogen (secondary N) is 1. The minimum Gasteiger partial charge on any atom is -0.481 e. The van der Waals surface area contributed by atoms with Crippen LogP contribution in [0, 0.1) is 5.92 Å². The zero-order valence-corrected chi connectivity index (χ0v) is 15.0. The molecule has 0 bridgehead atoms. The van der Waals surface area contributed by atoms with E-state index in [1.54, 1.807) is 25.1 Å². The maximum atomic E-state index is 11.9. The summed E-state index contributed by atoms with van der Waals surface area (Å²) in [5.41, 5.74) is 0.299. The molecule has 1 amide bonds. The van der Waals surface area contributed by atoms with E-state index < -0.39 is 37.1 Å². The smallest absolute Gasteiger partial charge is 0.344 e. The standard InChI is InChI=1S/C18H23NO7/c1-4-12(2)17(18(23)24-3)19-15(21)10-26-16(22)11-25-14-8-6-5-7-13(14)9-20/h5-9,12,17H,4,10-11H2,1-3H3,(H,19,21)/t12-,17+/m0/s1. The molecule has 1 rings (SSSR count). The minimum atomic E-state index is -0.813. The van der Waals surface area contributed by atoms with E-state index in [9.17, 15) is 19.2 Å². The molecule has 0 aliphatic rings. The number of methoxy groups -OCH3 is 1. The molecule has 26 heavy (non-hydrogen) atoms. The van der Waals surface area contributed by atoms with E-state index in [-0.39, 0.29) is 11.7 Å². The molecule has 1 aromatic carbocycles. The lowest BCUT2D eigenvalue weighted by molar-refractivity contribution is -0.152. The van der Waals surface area contributed by atoms with E-state index in [1.165, 1.54) is 13.2 Å². The van der Waals surface area contributed by atoms with E-state index >= 15 is 0 Å². The van der Waals surface area contributed by atoms with Gasteiger partial charge in [0.05, 0.1) is 12.7 Å². The summed E-state index contributed by atoms with van der Waals surface area (Å²) in [5, 5.41) is 2.49. The zero-order valence-electron chi connectivity index (χ0n) is 15.0. The summed E-state index contributed by atoms with van der Waals surface area (Å²) in [5.74, 6) is -1.86. The average molecular weight is 365 g/mol. The summed E-state index contributed by atoms with van der Waals surface area (Å²) in [7, 11) is 1.23. The fourth-order valence-electron chi connectivity index (χ4n) is 2.04. The van der Waals surface area contributed by atoms with Crippen LogP contribution in [0.25, 0.3) is 0 Å². The molecule has 8 nitrogen and oxygen atoms in total. The van der Waals surface area contributed by atoms with Gasteiger partial charge in [-0.25, -0.2) is 9.59 Å². The van der Waals surface area contributed by atoms with E-state index in [1.807, 2.05) is 6.92 Å². The van der Waals surface area contributed by atoms with Crippen LogP contribution in [0.15, 0.2) is 24.3 Å². The SMILES string of the molecule is CC[C@H](C)[C@@H](NC(=O)COC(=O)COc1ccccc1C=O)C(=O)OC. The zero-order chi connectivity index (χ0) is 19.5. The predicted molar refractivity (Wildman–Crippen MR) is 91.7 cm³/mol. The molecular formula is C18H23NO7. The normalized spacial score (nSPS) is 12.4. The monoisotopic (exact) mass is 365 g/mol. The lowest BCUT2D eigenvalue weighted by Crippen LogP contribution is -2.47. The first-order chi connectivity index (χ1) is 12.4. The van der Waals surface area contributed by atoms with Crippen molar-refractivity contribution >= 4 is 24.1 Å². The number of esters is 2. The predicted octanol–water partition coefficient (Wildman–Crippen LogP) is 1.12. The van der Waals surface area contributed by atoms with Crippen molar-refractivity contribution in [2.45, 2.75) is 26.3 Å². The Hall–Kier alpha value is -2.90. The van der Waals surface area contributed by atoms with Crippen molar-refractivity contribution in [3.8, 4) is 5.75 Å². The molecule has 142 valence electrons. The van der Waals surface area contributed by atoms with Crippen LogP contribution in [0.4, 0.5) is 0 Å². The molecule has 0 radical (unpaired) electrons. The highest BCUT2D eigenvalue weighted by molar-refractivity contribution is 5.86. The van der Waals surface area contributed by atoms with Crippen LogP contribution in [0.1, 0.15) is 30.6 Å². The largest absolute Gasteiger partial charge is 0.481 e. The number of ether oxygens (including phenoxy) is 3. The van der Waals surface area contributed by atoms with Gasteiger partial charge in [0.15, 0.2) is 19.5 Å². The Morgan fingerprint density at radius 1 is 1.19 bits per heavy atom. The maximum absolute atomic E-state index is 11.9. The van der Waals surface area contributed by atoms with Crippen LogP contribution in [-0.4, -0.2) is 50.5 Å². The van der Waals surface area contributed by atoms with Gasteiger partial charge in [0.2, 0.25) is 0 Å². The highest BCUT2D eigenvalue weighted by Gasteiger charge is 2.26. The molecule has 0 fully saturated rings. The number of carbonyl (C=O) groups excluding carboxylic acids is 4. The van der Waals surface area contributed by atoms with Gasteiger partial charge in [0, 0.05) is 0 Å². The summed E-state index contributed by atoms with van der Waals surface area (Å²) in [6, 6.07) is 5.59. The third-order valence-electron chi connectivity index (χ3n) is 3.74. The molecule has 8 heteroatoms. The Morgan fingerprint density at radius 2 is 1.88 bits per heavy atom. The van der Waals surface area contributed by atoms with Crippen molar-refractivity contribution in [2.24, 2.45) is 5.92 Å². The van der Waals surface area contributed by atoms with Gasteiger partial charge in [-0.1, -0.05) is 32.4 Å². The molecule has 0 heterocycles. The Morgan fingerprint density at radius 3 is 2.50 bits per heavy atom. The Bertz CT molecular complexity index is 644. The van der Waals surface area contributed by atoms with Crippen LogP contribution in [0.3, 0.4) is 0 Å². The van der Waals surface area contributed by atoms with Crippen LogP contribution >= 0.6 is 0 Å². The Labute approximate surface area is 151 Å². The topological polar surface area (TPSA) is 108 Å². The molecule has 1 aromatic rings. The summed E-state index contributed by atoms with van der Waals surface area (Å²) in [4.78, 5) is 46.1. The fraction of sp³-hybridized carbons (Fsp3) is 0.444. The number of rotatable bonds is 10. The molecular weight excluding hydrogens is 342 g/mol. The van der Waals surface area contributed by atoms with Crippen LogP contribution < -0.4 is 10.1 Å². The van der Waals surface area contributed by atoms with E-state index in [0.29, 0.717) is 18.3 Å². The first-order valence-corrected chi connectivity index (χ1v) is 8.12. The van der Waals surface area contributed by atoms with Crippen LogP contribution in [0.5, 0.6) is 5.75 Å². The third kappa shape index (κ3) is 6.54. The van der Waals surface area contributed by atoms with Crippen molar-refractivity contribution in [3.63, 3.8) is 0 Å². The summed E-state index contributed by atoms with van der Waals surface area (Å²) < 4.78 is 14.7. The van der Waals surface area contributed by atoms with Crippen molar-refractivity contribution < 1.29 is 33.4 Å². The van der Waals surface area contributed by atoms with Crippen molar-refractivity contribution in [1.82, 2.24) is 5.32 Å². The molecule has 0 aromatic heterocycles.